The van der Waals surface area contributed by atoms with Crippen molar-refractivity contribution in [2.45, 2.75) is 33.9 Å². The molecule has 1 aromatic heterocycles. The number of piperazine rings is 1. The molecule has 2 rings (SSSR count). The van der Waals surface area contributed by atoms with Gasteiger partial charge >= 0.3 is 6.18 Å². The van der Waals surface area contributed by atoms with E-state index < -0.39 is 17.3 Å². The third kappa shape index (κ3) is 4.29. The Morgan fingerprint density at radius 2 is 1.52 bits per heavy atom. The van der Waals surface area contributed by atoms with E-state index in [0.717, 1.165) is 6.07 Å². The van der Waals surface area contributed by atoms with Gasteiger partial charge in [0.05, 0.1) is 11.3 Å². The first kappa shape index (κ1) is 19.2. The van der Waals surface area contributed by atoms with Crippen LogP contribution in [0.3, 0.4) is 0 Å². The number of nitrogens with zero attached hydrogens (tertiary/aromatic N) is 3. The fourth-order valence-electron chi connectivity index (χ4n) is 2.70. The number of carbonyl (C=O) groups excluding carboxylic acids is 2. The van der Waals surface area contributed by atoms with Crippen LogP contribution in [0.15, 0.2) is 12.1 Å². The van der Waals surface area contributed by atoms with Gasteiger partial charge in [0, 0.05) is 31.6 Å². The molecule has 138 valence electrons. The standard InChI is InChI=1S/C17H22F3N3O2/c1-11-12(5-6-13(21-11)17(18,19)20)14(24)22-7-9-23(10-8-22)15(25)16(2,3)4/h5-6H,7-10H2,1-4H3. The van der Waals surface area contributed by atoms with Gasteiger partial charge in [-0.05, 0) is 19.1 Å². The van der Waals surface area contributed by atoms with E-state index in [1.807, 2.05) is 20.8 Å². The summed E-state index contributed by atoms with van der Waals surface area (Å²) in [4.78, 5) is 31.6. The van der Waals surface area contributed by atoms with E-state index in [9.17, 15) is 22.8 Å². The van der Waals surface area contributed by atoms with Crippen LogP contribution in [0.1, 0.15) is 42.5 Å². The second kappa shape index (κ2) is 6.65. The second-order valence-electron chi connectivity index (χ2n) is 7.16. The molecular formula is C17H22F3N3O2. The zero-order valence-electron chi connectivity index (χ0n) is 14.8. The van der Waals surface area contributed by atoms with Gasteiger partial charge in [-0.3, -0.25) is 9.59 Å². The zero-order valence-corrected chi connectivity index (χ0v) is 14.8. The Balaban J connectivity index is 2.07. The zero-order chi connectivity index (χ0) is 19.0. The van der Waals surface area contributed by atoms with Crippen molar-refractivity contribution in [2.24, 2.45) is 5.41 Å². The fraction of sp³-hybridized carbons (Fsp3) is 0.588. The smallest absolute Gasteiger partial charge is 0.339 e. The summed E-state index contributed by atoms with van der Waals surface area (Å²) in [6.07, 6.45) is -4.54. The summed E-state index contributed by atoms with van der Waals surface area (Å²) in [5, 5.41) is 0. The molecule has 0 aliphatic carbocycles. The number of alkyl halides is 3. The SMILES string of the molecule is Cc1nc(C(F)(F)F)ccc1C(=O)N1CCN(C(=O)C(C)(C)C)CC1. The van der Waals surface area contributed by atoms with Gasteiger partial charge in [0.25, 0.3) is 5.91 Å². The minimum absolute atomic E-state index is 0.0203. The van der Waals surface area contributed by atoms with E-state index in [4.69, 9.17) is 0 Å². The van der Waals surface area contributed by atoms with E-state index in [2.05, 4.69) is 4.98 Å². The van der Waals surface area contributed by atoms with Crippen LogP contribution in [-0.4, -0.2) is 52.8 Å². The van der Waals surface area contributed by atoms with Gasteiger partial charge < -0.3 is 9.80 Å². The number of halogens is 3. The predicted molar refractivity (Wildman–Crippen MR) is 85.9 cm³/mol. The molecule has 1 saturated heterocycles. The Kier molecular flexibility index (Phi) is 5.11. The van der Waals surface area contributed by atoms with E-state index in [0.29, 0.717) is 26.2 Å². The van der Waals surface area contributed by atoms with Gasteiger partial charge in [0.2, 0.25) is 5.91 Å². The van der Waals surface area contributed by atoms with E-state index in [1.165, 1.54) is 13.0 Å². The Hall–Kier alpha value is -2.12. The molecule has 0 N–H and O–H groups in total. The first-order valence-corrected chi connectivity index (χ1v) is 8.05. The quantitative estimate of drug-likeness (QED) is 0.777. The molecule has 0 saturated carbocycles. The summed E-state index contributed by atoms with van der Waals surface area (Å²) >= 11 is 0. The topological polar surface area (TPSA) is 53.5 Å². The lowest BCUT2D eigenvalue weighted by molar-refractivity contribution is -0.141. The molecule has 0 radical (unpaired) electrons. The van der Waals surface area contributed by atoms with E-state index in [-0.39, 0.29) is 23.1 Å². The Morgan fingerprint density at radius 1 is 1.00 bits per heavy atom. The highest BCUT2D eigenvalue weighted by Crippen LogP contribution is 2.28. The number of pyridine rings is 1. The average Bonchev–Trinajstić information content (AvgIpc) is 2.52. The molecular weight excluding hydrogens is 335 g/mol. The van der Waals surface area contributed by atoms with Gasteiger partial charge in [0.15, 0.2) is 0 Å². The number of rotatable bonds is 1. The van der Waals surface area contributed by atoms with Crippen molar-refractivity contribution < 1.29 is 22.8 Å². The number of aromatic nitrogens is 1. The highest BCUT2D eigenvalue weighted by molar-refractivity contribution is 5.95. The molecule has 1 aromatic rings. The minimum atomic E-state index is -4.54. The van der Waals surface area contributed by atoms with Crippen LogP contribution in [0.4, 0.5) is 13.2 Å². The third-order valence-corrected chi connectivity index (χ3v) is 4.10. The largest absolute Gasteiger partial charge is 0.433 e. The number of hydrogen-bond donors (Lipinski definition) is 0. The van der Waals surface area contributed by atoms with Crippen LogP contribution in [0.25, 0.3) is 0 Å². The summed E-state index contributed by atoms with van der Waals surface area (Å²) < 4.78 is 38.0. The minimum Gasteiger partial charge on any atom is -0.339 e. The first-order valence-electron chi connectivity index (χ1n) is 8.05. The molecule has 5 nitrogen and oxygen atoms in total. The number of carbonyl (C=O) groups is 2. The maximum Gasteiger partial charge on any atom is 0.433 e. The number of amides is 2. The van der Waals surface area contributed by atoms with Crippen LogP contribution in [0, 0.1) is 12.3 Å². The summed E-state index contributed by atoms with van der Waals surface area (Å²) in [7, 11) is 0. The Morgan fingerprint density at radius 3 is 1.96 bits per heavy atom. The van der Waals surface area contributed by atoms with Crippen molar-refractivity contribution in [2.75, 3.05) is 26.2 Å². The molecule has 0 atom stereocenters. The van der Waals surface area contributed by atoms with Crippen molar-refractivity contribution >= 4 is 11.8 Å². The van der Waals surface area contributed by atoms with E-state index >= 15 is 0 Å². The monoisotopic (exact) mass is 357 g/mol. The van der Waals surface area contributed by atoms with Crippen LogP contribution >= 0.6 is 0 Å². The van der Waals surface area contributed by atoms with Crippen molar-refractivity contribution in [3.8, 4) is 0 Å². The van der Waals surface area contributed by atoms with Crippen LogP contribution in [-0.2, 0) is 11.0 Å². The predicted octanol–water partition coefficient (Wildman–Crippen LogP) is 2.74. The summed E-state index contributed by atoms with van der Waals surface area (Å²) in [5.41, 5.74) is -1.29. The highest BCUT2D eigenvalue weighted by Gasteiger charge is 2.34. The molecule has 0 unspecified atom stereocenters. The molecule has 2 amide bonds. The van der Waals surface area contributed by atoms with Crippen LogP contribution in [0.2, 0.25) is 0 Å². The maximum atomic E-state index is 12.7. The molecule has 1 aliphatic heterocycles. The van der Waals surface area contributed by atoms with Crippen molar-refractivity contribution in [1.82, 2.24) is 14.8 Å². The van der Waals surface area contributed by atoms with Crippen molar-refractivity contribution in [3.05, 3.63) is 29.1 Å². The highest BCUT2D eigenvalue weighted by atomic mass is 19.4. The number of hydrogen-bond acceptors (Lipinski definition) is 3. The maximum absolute atomic E-state index is 12.7. The lowest BCUT2D eigenvalue weighted by Gasteiger charge is -2.37. The lowest BCUT2D eigenvalue weighted by Crippen LogP contribution is -2.53. The van der Waals surface area contributed by atoms with Gasteiger partial charge in [-0.2, -0.15) is 13.2 Å². The summed E-state index contributed by atoms with van der Waals surface area (Å²) in [6, 6.07) is 1.99. The summed E-state index contributed by atoms with van der Waals surface area (Å²) in [6.45, 7) is 8.42. The molecule has 25 heavy (non-hydrogen) atoms. The molecule has 1 fully saturated rings. The third-order valence-electron chi connectivity index (χ3n) is 4.10. The first-order chi connectivity index (χ1) is 11.4. The second-order valence-corrected chi connectivity index (χ2v) is 7.16. The van der Waals surface area contributed by atoms with Crippen LogP contribution in [0.5, 0.6) is 0 Å². The van der Waals surface area contributed by atoms with Crippen molar-refractivity contribution in [3.63, 3.8) is 0 Å². The van der Waals surface area contributed by atoms with Gasteiger partial charge in [-0.1, -0.05) is 20.8 Å². The summed E-state index contributed by atoms with van der Waals surface area (Å²) in [5.74, 6) is -0.339. The fourth-order valence-corrected chi connectivity index (χ4v) is 2.70. The van der Waals surface area contributed by atoms with E-state index in [1.54, 1.807) is 9.80 Å². The molecule has 1 aliphatic rings. The molecule has 2 heterocycles. The number of aryl methyl sites for hydroxylation is 1. The van der Waals surface area contributed by atoms with Gasteiger partial charge in [-0.25, -0.2) is 4.98 Å². The van der Waals surface area contributed by atoms with Crippen molar-refractivity contribution in [1.29, 1.82) is 0 Å². The Bertz CT molecular complexity index is 673. The van der Waals surface area contributed by atoms with Gasteiger partial charge in [-0.15, -0.1) is 0 Å². The molecule has 8 heteroatoms. The molecule has 0 spiro atoms. The lowest BCUT2D eigenvalue weighted by atomic mass is 9.94. The molecule has 0 aromatic carbocycles. The van der Waals surface area contributed by atoms with Gasteiger partial charge in [0.1, 0.15) is 5.69 Å². The normalized spacial score (nSPS) is 16.1. The Labute approximate surface area is 144 Å². The average molecular weight is 357 g/mol. The van der Waals surface area contributed by atoms with Crippen LogP contribution < -0.4 is 0 Å². The molecule has 0 bridgehead atoms.